The van der Waals surface area contributed by atoms with Crippen LogP contribution in [0.4, 0.5) is 4.79 Å². The molecule has 0 bridgehead atoms. The van der Waals surface area contributed by atoms with Crippen molar-refractivity contribution in [1.82, 2.24) is 10.6 Å². The Labute approximate surface area is 88.7 Å². The Kier molecular flexibility index (Phi) is 7.35. The number of carbonyl (C=O) groups is 2. The number of aliphatic hydroxyl groups is 1. The molecule has 88 valence electrons. The highest BCUT2D eigenvalue weighted by molar-refractivity contribution is 5.82. The maximum Gasteiger partial charge on any atom is 0.328 e. The standard InChI is InChI=1S/C9H18N2O4/c1-2-3-4-5-10-9(15)11-7(6-12)8(13)14/h7,12H,2-6H2,1H3,(H,13,14)(H2,10,11,15). The molecule has 0 aliphatic rings. The van der Waals surface area contributed by atoms with Crippen molar-refractivity contribution in [3.63, 3.8) is 0 Å². The highest BCUT2D eigenvalue weighted by Crippen LogP contribution is 1.91. The molecule has 0 aromatic carbocycles. The van der Waals surface area contributed by atoms with E-state index in [1.165, 1.54) is 0 Å². The van der Waals surface area contributed by atoms with Crippen LogP contribution in [0.15, 0.2) is 0 Å². The van der Waals surface area contributed by atoms with Crippen molar-refractivity contribution >= 4 is 12.0 Å². The summed E-state index contributed by atoms with van der Waals surface area (Å²) in [6.07, 6.45) is 2.93. The van der Waals surface area contributed by atoms with E-state index in [9.17, 15) is 9.59 Å². The van der Waals surface area contributed by atoms with Crippen molar-refractivity contribution in [2.45, 2.75) is 32.2 Å². The Bertz CT molecular complexity index is 208. The van der Waals surface area contributed by atoms with E-state index in [0.29, 0.717) is 6.54 Å². The zero-order valence-electron chi connectivity index (χ0n) is 8.82. The van der Waals surface area contributed by atoms with Gasteiger partial charge in [-0.05, 0) is 6.42 Å². The minimum atomic E-state index is -1.25. The fourth-order valence-corrected chi connectivity index (χ4v) is 0.972. The first-order valence-corrected chi connectivity index (χ1v) is 4.99. The van der Waals surface area contributed by atoms with E-state index in [1.54, 1.807) is 0 Å². The Morgan fingerprint density at radius 2 is 2.00 bits per heavy atom. The summed E-state index contributed by atoms with van der Waals surface area (Å²) >= 11 is 0. The second-order valence-electron chi connectivity index (χ2n) is 3.18. The summed E-state index contributed by atoms with van der Waals surface area (Å²) in [5.41, 5.74) is 0. The Morgan fingerprint density at radius 1 is 1.33 bits per heavy atom. The van der Waals surface area contributed by atoms with E-state index < -0.39 is 24.6 Å². The van der Waals surface area contributed by atoms with Crippen molar-refractivity contribution in [3.05, 3.63) is 0 Å². The van der Waals surface area contributed by atoms with Gasteiger partial charge in [-0.1, -0.05) is 19.8 Å². The van der Waals surface area contributed by atoms with Crippen LogP contribution in [0.5, 0.6) is 0 Å². The van der Waals surface area contributed by atoms with Crippen molar-refractivity contribution in [3.8, 4) is 0 Å². The molecular weight excluding hydrogens is 200 g/mol. The average molecular weight is 218 g/mol. The van der Waals surface area contributed by atoms with Gasteiger partial charge in [0.2, 0.25) is 0 Å². The molecule has 0 aliphatic carbocycles. The molecule has 2 amide bonds. The number of carbonyl (C=O) groups excluding carboxylic acids is 1. The topological polar surface area (TPSA) is 98.7 Å². The molecule has 4 N–H and O–H groups in total. The van der Waals surface area contributed by atoms with Gasteiger partial charge in [-0.15, -0.1) is 0 Å². The second-order valence-corrected chi connectivity index (χ2v) is 3.18. The van der Waals surface area contributed by atoms with Gasteiger partial charge in [-0.3, -0.25) is 0 Å². The molecule has 0 heterocycles. The summed E-state index contributed by atoms with van der Waals surface area (Å²) in [5, 5.41) is 21.8. The highest BCUT2D eigenvalue weighted by Gasteiger charge is 2.17. The fraction of sp³-hybridized carbons (Fsp3) is 0.778. The fourth-order valence-electron chi connectivity index (χ4n) is 0.972. The lowest BCUT2D eigenvalue weighted by molar-refractivity contribution is -0.140. The zero-order chi connectivity index (χ0) is 11.7. The van der Waals surface area contributed by atoms with E-state index in [1.807, 2.05) is 6.92 Å². The minimum absolute atomic E-state index is 0.511. The molecule has 0 aliphatic heterocycles. The van der Waals surface area contributed by atoms with Gasteiger partial charge in [-0.25, -0.2) is 9.59 Å². The lowest BCUT2D eigenvalue weighted by Crippen LogP contribution is -2.48. The van der Waals surface area contributed by atoms with Crippen LogP contribution in [0.2, 0.25) is 0 Å². The Hall–Kier alpha value is -1.30. The molecular formula is C9H18N2O4. The number of carboxylic acids is 1. The molecule has 1 atom stereocenters. The van der Waals surface area contributed by atoms with Gasteiger partial charge in [-0.2, -0.15) is 0 Å². The van der Waals surface area contributed by atoms with Crippen LogP contribution in [0, 0.1) is 0 Å². The summed E-state index contributed by atoms with van der Waals surface area (Å²) in [6.45, 7) is 1.95. The zero-order valence-corrected chi connectivity index (χ0v) is 8.82. The van der Waals surface area contributed by atoms with Gasteiger partial charge in [0, 0.05) is 6.54 Å². The normalized spacial score (nSPS) is 11.9. The summed E-state index contributed by atoms with van der Waals surface area (Å²) in [5.74, 6) is -1.25. The number of carboxylic acid groups (broad SMARTS) is 1. The number of aliphatic hydroxyl groups excluding tert-OH is 1. The van der Waals surface area contributed by atoms with Gasteiger partial charge >= 0.3 is 12.0 Å². The average Bonchev–Trinajstić information content (AvgIpc) is 2.20. The molecule has 0 fully saturated rings. The smallest absolute Gasteiger partial charge is 0.328 e. The number of rotatable bonds is 7. The van der Waals surface area contributed by atoms with E-state index in [-0.39, 0.29) is 0 Å². The summed E-state index contributed by atoms with van der Waals surface area (Å²) in [7, 11) is 0. The molecule has 0 saturated heterocycles. The van der Waals surface area contributed by atoms with Crippen molar-refractivity contribution < 1.29 is 19.8 Å². The minimum Gasteiger partial charge on any atom is -0.480 e. The Balaban J connectivity index is 3.67. The molecule has 6 nitrogen and oxygen atoms in total. The van der Waals surface area contributed by atoms with Crippen molar-refractivity contribution in [1.29, 1.82) is 0 Å². The van der Waals surface area contributed by atoms with E-state index >= 15 is 0 Å². The van der Waals surface area contributed by atoms with E-state index in [0.717, 1.165) is 19.3 Å². The van der Waals surface area contributed by atoms with E-state index in [2.05, 4.69) is 10.6 Å². The maximum atomic E-state index is 11.1. The lowest BCUT2D eigenvalue weighted by Gasteiger charge is -2.12. The first-order chi connectivity index (χ1) is 7.11. The number of unbranched alkanes of at least 4 members (excludes halogenated alkanes) is 2. The van der Waals surface area contributed by atoms with Crippen LogP contribution >= 0.6 is 0 Å². The van der Waals surface area contributed by atoms with Crippen LogP contribution in [0.25, 0.3) is 0 Å². The quantitative estimate of drug-likeness (QED) is 0.449. The van der Waals surface area contributed by atoms with Gasteiger partial charge in [0.25, 0.3) is 0 Å². The molecule has 0 spiro atoms. The van der Waals surface area contributed by atoms with E-state index in [4.69, 9.17) is 10.2 Å². The largest absolute Gasteiger partial charge is 0.480 e. The number of amides is 2. The predicted octanol–water partition coefficient (Wildman–Crippen LogP) is -0.0787. The third-order valence-corrected chi connectivity index (χ3v) is 1.85. The third-order valence-electron chi connectivity index (χ3n) is 1.85. The van der Waals surface area contributed by atoms with Crippen LogP contribution < -0.4 is 10.6 Å². The van der Waals surface area contributed by atoms with Gasteiger partial charge in [0.05, 0.1) is 6.61 Å². The monoisotopic (exact) mass is 218 g/mol. The number of urea groups is 1. The molecule has 0 aromatic rings. The van der Waals surface area contributed by atoms with Crippen LogP contribution in [0.1, 0.15) is 26.2 Å². The first kappa shape index (κ1) is 13.7. The van der Waals surface area contributed by atoms with Crippen molar-refractivity contribution in [2.75, 3.05) is 13.2 Å². The Morgan fingerprint density at radius 3 is 2.47 bits per heavy atom. The summed E-state index contributed by atoms with van der Waals surface area (Å²) in [4.78, 5) is 21.5. The van der Waals surface area contributed by atoms with Gasteiger partial charge < -0.3 is 20.8 Å². The molecule has 0 saturated carbocycles. The van der Waals surface area contributed by atoms with Gasteiger partial charge in [0.1, 0.15) is 0 Å². The summed E-state index contributed by atoms with van der Waals surface area (Å²) in [6, 6.07) is -1.80. The highest BCUT2D eigenvalue weighted by atomic mass is 16.4. The maximum absolute atomic E-state index is 11.1. The molecule has 0 rings (SSSR count). The number of hydrogen-bond acceptors (Lipinski definition) is 3. The molecule has 15 heavy (non-hydrogen) atoms. The van der Waals surface area contributed by atoms with Crippen molar-refractivity contribution in [2.24, 2.45) is 0 Å². The van der Waals surface area contributed by atoms with Crippen LogP contribution in [-0.4, -0.2) is 41.4 Å². The molecule has 0 radical (unpaired) electrons. The number of aliphatic carboxylic acids is 1. The third kappa shape index (κ3) is 6.73. The molecule has 0 aromatic heterocycles. The lowest BCUT2D eigenvalue weighted by atomic mass is 10.2. The van der Waals surface area contributed by atoms with Gasteiger partial charge in [0.15, 0.2) is 6.04 Å². The molecule has 1 unspecified atom stereocenters. The second kappa shape index (κ2) is 8.05. The molecule has 6 heteroatoms. The first-order valence-electron chi connectivity index (χ1n) is 4.99. The van der Waals surface area contributed by atoms with Crippen LogP contribution in [0.3, 0.4) is 0 Å². The SMILES string of the molecule is CCCCCNC(=O)NC(CO)C(=O)O. The number of nitrogens with one attached hydrogen (secondary N) is 2. The summed E-state index contributed by atoms with van der Waals surface area (Å²) < 4.78 is 0. The number of hydrogen-bond donors (Lipinski definition) is 4. The van der Waals surface area contributed by atoms with Crippen LogP contribution in [-0.2, 0) is 4.79 Å². The predicted molar refractivity (Wildman–Crippen MR) is 54.6 cm³/mol.